The van der Waals surface area contributed by atoms with Crippen molar-refractivity contribution in [1.82, 2.24) is 14.1 Å². The maximum absolute atomic E-state index is 12.1. The van der Waals surface area contributed by atoms with E-state index in [0.717, 1.165) is 0 Å². The van der Waals surface area contributed by atoms with Crippen LogP contribution in [-0.2, 0) is 17.9 Å². The van der Waals surface area contributed by atoms with Crippen molar-refractivity contribution < 1.29 is 14.6 Å². The minimum absolute atomic E-state index is 0.0103. The van der Waals surface area contributed by atoms with Crippen LogP contribution >= 0.6 is 35.2 Å². The van der Waals surface area contributed by atoms with E-state index >= 15 is 0 Å². The molecule has 0 aliphatic carbocycles. The van der Waals surface area contributed by atoms with E-state index in [1.807, 2.05) is 4.57 Å². The molecule has 2 aromatic heterocycles. The number of rotatable bonds is 3. The lowest BCUT2D eigenvalue weighted by Gasteiger charge is -2.14. The zero-order valence-corrected chi connectivity index (χ0v) is 15.7. The molecule has 7 nitrogen and oxygen atoms in total. The van der Waals surface area contributed by atoms with Crippen molar-refractivity contribution in [3.8, 4) is 11.6 Å². The Morgan fingerprint density at radius 1 is 1.46 bits per heavy atom. The number of amides is 1. The van der Waals surface area contributed by atoms with Crippen molar-refractivity contribution in [3.05, 3.63) is 50.3 Å². The van der Waals surface area contributed by atoms with E-state index in [4.69, 9.17) is 28.6 Å². The second-order valence-corrected chi connectivity index (χ2v) is 7.22. The minimum Gasteiger partial charge on any atom is -0.493 e. The normalized spacial score (nSPS) is 13.4. The quantitative estimate of drug-likeness (QED) is 0.647. The van der Waals surface area contributed by atoms with E-state index in [9.17, 15) is 9.90 Å². The SMILES string of the molecule is O=C(Nc1ccc(-n2c(O)c3n(c2=S)CCOC3)c(Cl)c1)c1nccs1. The first kappa shape index (κ1) is 17.2. The van der Waals surface area contributed by atoms with Gasteiger partial charge in [0.2, 0.25) is 5.88 Å². The van der Waals surface area contributed by atoms with Crippen molar-refractivity contribution >= 4 is 46.8 Å². The van der Waals surface area contributed by atoms with Gasteiger partial charge in [0.05, 0.1) is 23.9 Å². The highest BCUT2D eigenvalue weighted by atomic mass is 35.5. The molecule has 0 fully saturated rings. The van der Waals surface area contributed by atoms with Crippen LogP contribution in [-0.4, -0.2) is 31.7 Å². The summed E-state index contributed by atoms with van der Waals surface area (Å²) in [5.41, 5.74) is 1.68. The fraction of sp³-hybridized carbons (Fsp3) is 0.188. The highest BCUT2D eigenvalue weighted by molar-refractivity contribution is 7.71. The number of benzene rings is 1. The molecule has 0 saturated heterocycles. The monoisotopic (exact) mass is 408 g/mol. The summed E-state index contributed by atoms with van der Waals surface area (Å²) in [5.74, 6) is -0.295. The zero-order valence-electron chi connectivity index (χ0n) is 13.3. The van der Waals surface area contributed by atoms with Crippen LogP contribution in [0.15, 0.2) is 29.8 Å². The Labute approximate surface area is 162 Å². The van der Waals surface area contributed by atoms with Gasteiger partial charge >= 0.3 is 0 Å². The van der Waals surface area contributed by atoms with E-state index in [2.05, 4.69) is 10.3 Å². The van der Waals surface area contributed by atoms with Crippen molar-refractivity contribution in [2.45, 2.75) is 13.2 Å². The van der Waals surface area contributed by atoms with Gasteiger partial charge < -0.3 is 19.7 Å². The largest absolute Gasteiger partial charge is 0.493 e. The first-order valence-electron chi connectivity index (χ1n) is 7.68. The van der Waals surface area contributed by atoms with Crippen molar-refractivity contribution in [1.29, 1.82) is 0 Å². The summed E-state index contributed by atoms with van der Waals surface area (Å²) in [6, 6.07) is 5.00. The average molecular weight is 409 g/mol. The van der Waals surface area contributed by atoms with Gasteiger partial charge in [0.15, 0.2) is 9.78 Å². The fourth-order valence-corrected chi connectivity index (χ4v) is 3.96. The lowest BCUT2D eigenvalue weighted by molar-refractivity contribution is 0.0825. The Hall–Kier alpha value is -2.20. The summed E-state index contributed by atoms with van der Waals surface area (Å²) < 4.78 is 9.17. The van der Waals surface area contributed by atoms with Gasteiger partial charge in [0.1, 0.15) is 5.69 Å². The minimum atomic E-state index is -0.306. The Kier molecular flexibility index (Phi) is 4.53. The van der Waals surface area contributed by atoms with Crippen LogP contribution in [0.5, 0.6) is 5.88 Å². The van der Waals surface area contributed by atoms with Crippen LogP contribution in [0.4, 0.5) is 5.69 Å². The molecule has 0 radical (unpaired) electrons. The van der Waals surface area contributed by atoms with Gasteiger partial charge in [-0.15, -0.1) is 11.3 Å². The number of nitrogens with one attached hydrogen (secondary N) is 1. The Bertz CT molecular complexity index is 1040. The molecule has 134 valence electrons. The number of aromatic hydroxyl groups is 1. The third-order valence-corrected chi connectivity index (χ3v) is 5.47. The first-order chi connectivity index (χ1) is 12.6. The molecular weight excluding hydrogens is 396 g/mol. The molecule has 1 aromatic carbocycles. The topological polar surface area (TPSA) is 81.3 Å². The highest BCUT2D eigenvalue weighted by Gasteiger charge is 2.22. The van der Waals surface area contributed by atoms with Gasteiger partial charge in [0, 0.05) is 23.8 Å². The molecule has 4 rings (SSSR count). The molecule has 1 amide bonds. The molecule has 3 heterocycles. The third-order valence-electron chi connectivity index (χ3n) is 3.99. The molecule has 0 saturated carbocycles. The number of nitrogens with zero attached hydrogens (tertiary/aromatic N) is 3. The number of halogens is 1. The lowest BCUT2D eigenvalue weighted by atomic mass is 10.2. The summed E-state index contributed by atoms with van der Waals surface area (Å²) >= 11 is 13.1. The van der Waals surface area contributed by atoms with Crippen LogP contribution in [0.3, 0.4) is 0 Å². The number of carbonyl (C=O) groups is 1. The number of thiazole rings is 1. The number of carbonyl (C=O) groups excluding carboxylic acids is 1. The fourth-order valence-electron chi connectivity index (χ4n) is 2.78. The summed E-state index contributed by atoms with van der Waals surface area (Å²) in [6.07, 6.45) is 1.57. The zero-order chi connectivity index (χ0) is 18.3. The molecule has 3 aromatic rings. The molecular formula is C16H13ClN4O3S2. The molecule has 1 aliphatic heterocycles. The lowest BCUT2D eigenvalue weighted by Crippen LogP contribution is -2.16. The van der Waals surface area contributed by atoms with Crippen molar-refractivity contribution in [2.24, 2.45) is 0 Å². The van der Waals surface area contributed by atoms with Gasteiger partial charge in [-0.3, -0.25) is 9.36 Å². The molecule has 10 heteroatoms. The van der Waals surface area contributed by atoms with Gasteiger partial charge in [-0.25, -0.2) is 4.98 Å². The summed E-state index contributed by atoms with van der Waals surface area (Å²) in [6.45, 7) is 1.41. The van der Waals surface area contributed by atoms with Crippen LogP contribution in [0.2, 0.25) is 5.02 Å². The number of fused-ring (bicyclic) bond motifs is 1. The molecule has 26 heavy (non-hydrogen) atoms. The van der Waals surface area contributed by atoms with Gasteiger partial charge in [-0.2, -0.15) is 0 Å². The number of imidazole rings is 1. The van der Waals surface area contributed by atoms with Crippen LogP contribution in [0, 0.1) is 4.77 Å². The van der Waals surface area contributed by atoms with E-state index < -0.39 is 0 Å². The molecule has 0 atom stereocenters. The Morgan fingerprint density at radius 3 is 3.00 bits per heavy atom. The number of anilines is 1. The smallest absolute Gasteiger partial charge is 0.284 e. The number of aromatic nitrogens is 3. The maximum Gasteiger partial charge on any atom is 0.284 e. The highest BCUT2D eigenvalue weighted by Crippen LogP contribution is 2.32. The first-order valence-corrected chi connectivity index (χ1v) is 9.34. The predicted molar refractivity (Wildman–Crippen MR) is 101 cm³/mol. The van der Waals surface area contributed by atoms with E-state index in [1.165, 1.54) is 15.9 Å². The van der Waals surface area contributed by atoms with Crippen LogP contribution in [0.25, 0.3) is 5.69 Å². The van der Waals surface area contributed by atoms with Crippen LogP contribution in [0.1, 0.15) is 15.5 Å². The standard InChI is InChI=1S/C16H13ClN4O3S2/c17-10-7-9(19-13(22)14-18-3-6-26-14)1-2-11(10)21-15(23)12-8-24-5-4-20(12)16(21)25/h1-3,6-7,23H,4-5,8H2,(H,19,22). The average Bonchev–Trinajstić information content (AvgIpc) is 3.25. The van der Waals surface area contributed by atoms with Gasteiger partial charge in [-0.1, -0.05) is 11.6 Å². The van der Waals surface area contributed by atoms with Gasteiger partial charge in [-0.05, 0) is 30.4 Å². The number of hydrogen-bond donors (Lipinski definition) is 2. The third kappa shape index (κ3) is 2.92. The summed E-state index contributed by atoms with van der Waals surface area (Å²) in [4.78, 5) is 16.1. The Balaban J connectivity index is 1.68. The number of ether oxygens (including phenoxy) is 1. The molecule has 2 N–H and O–H groups in total. The second kappa shape index (κ2) is 6.84. The number of hydrogen-bond acceptors (Lipinski definition) is 6. The Morgan fingerprint density at radius 2 is 2.31 bits per heavy atom. The van der Waals surface area contributed by atoms with E-state index in [1.54, 1.807) is 29.8 Å². The molecule has 0 bridgehead atoms. The molecule has 0 unspecified atom stereocenters. The van der Waals surface area contributed by atoms with Crippen molar-refractivity contribution in [2.75, 3.05) is 11.9 Å². The second-order valence-electron chi connectivity index (χ2n) is 5.55. The molecule has 1 aliphatic rings. The summed E-state index contributed by atoms with van der Waals surface area (Å²) in [7, 11) is 0. The maximum atomic E-state index is 12.1. The van der Waals surface area contributed by atoms with E-state index in [0.29, 0.717) is 51.6 Å². The van der Waals surface area contributed by atoms with Crippen molar-refractivity contribution in [3.63, 3.8) is 0 Å². The van der Waals surface area contributed by atoms with Crippen LogP contribution < -0.4 is 5.32 Å². The predicted octanol–water partition coefficient (Wildman–Crippen LogP) is 3.61. The summed E-state index contributed by atoms with van der Waals surface area (Å²) in [5, 5.41) is 15.7. The van der Waals surface area contributed by atoms with Gasteiger partial charge in [0.25, 0.3) is 5.91 Å². The molecule has 0 spiro atoms. The van der Waals surface area contributed by atoms with E-state index in [-0.39, 0.29) is 11.8 Å².